The van der Waals surface area contributed by atoms with Crippen molar-refractivity contribution >= 4 is 0 Å². The van der Waals surface area contributed by atoms with Gasteiger partial charge in [0.15, 0.2) is 0 Å². The molecule has 1 aliphatic rings. The van der Waals surface area contributed by atoms with Gasteiger partial charge in [-0.3, -0.25) is 10.00 Å². The van der Waals surface area contributed by atoms with Crippen molar-refractivity contribution in [2.24, 2.45) is 0 Å². The average molecular weight is 181 g/mol. The SMILES string of the molecule is Cc1cn[nH]c1CN1CC[C@H](O)C1. The third kappa shape index (κ3) is 1.89. The molecule has 0 aromatic carbocycles. The molecule has 4 heteroatoms. The Labute approximate surface area is 77.6 Å². The topological polar surface area (TPSA) is 52.2 Å². The molecule has 2 heterocycles. The molecule has 0 bridgehead atoms. The Balaban J connectivity index is 1.95. The minimum absolute atomic E-state index is 0.136. The van der Waals surface area contributed by atoms with Gasteiger partial charge in [0.2, 0.25) is 0 Å². The van der Waals surface area contributed by atoms with Gasteiger partial charge in [-0.1, -0.05) is 0 Å². The normalized spacial score (nSPS) is 24.0. The van der Waals surface area contributed by atoms with Gasteiger partial charge < -0.3 is 5.11 Å². The maximum absolute atomic E-state index is 9.33. The van der Waals surface area contributed by atoms with Crippen LogP contribution in [0.5, 0.6) is 0 Å². The van der Waals surface area contributed by atoms with E-state index >= 15 is 0 Å². The van der Waals surface area contributed by atoms with Crippen molar-refractivity contribution in [2.45, 2.75) is 26.0 Å². The van der Waals surface area contributed by atoms with E-state index in [-0.39, 0.29) is 6.10 Å². The second-order valence-corrected chi connectivity index (χ2v) is 3.71. The van der Waals surface area contributed by atoms with Crippen molar-refractivity contribution in [1.82, 2.24) is 15.1 Å². The largest absolute Gasteiger partial charge is 0.392 e. The number of aromatic amines is 1. The quantitative estimate of drug-likeness (QED) is 0.689. The van der Waals surface area contributed by atoms with Crippen LogP contribution in [0.3, 0.4) is 0 Å². The van der Waals surface area contributed by atoms with Crippen molar-refractivity contribution in [3.8, 4) is 0 Å². The number of hydrogen-bond acceptors (Lipinski definition) is 3. The first-order chi connectivity index (χ1) is 6.25. The number of aromatic nitrogens is 2. The van der Waals surface area contributed by atoms with E-state index in [4.69, 9.17) is 0 Å². The number of nitrogens with zero attached hydrogens (tertiary/aromatic N) is 2. The smallest absolute Gasteiger partial charge is 0.0679 e. The van der Waals surface area contributed by atoms with Crippen molar-refractivity contribution in [3.63, 3.8) is 0 Å². The first kappa shape index (κ1) is 8.72. The first-order valence-corrected chi connectivity index (χ1v) is 4.65. The molecule has 1 fully saturated rings. The number of β-amino-alcohol motifs (C(OH)–C–C–N with tert-alkyl or cyclic N) is 1. The summed E-state index contributed by atoms with van der Waals surface area (Å²) in [4.78, 5) is 2.24. The Morgan fingerprint density at radius 1 is 1.77 bits per heavy atom. The summed E-state index contributed by atoms with van der Waals surface area (Å²) in [6, 6.07) is 0. The van der Waals surface area contributed by atoms with Crippen LogP contribution < -0.4 is 0 Å². The number of aliphatic hydroxyl groups is 1. The summed E-state index contributed by atoms with van der Waals surface area (Å²) in [5.41, 5.74) is 2.36. The molecule has 1 aromatic rings. The van der Waals surface area contributed by atoms with Crippen LogP contribution in [0.25, 0.3) is 0 Å². The minimum Gasteiger partial charge on any atom is -0.392 e. The number of H-pyrrole nitrogens is 1. The van der Waals surface area contributed by atoms with Crippen LogP contribution >= 0.6 is 0 Å². The molecule has 0 unspecified atom stereocenters. The molecule has 1 saturated heterocycles. The highest BCUT2D eigenvalue weighted by atomic mass is 16.3. The molecular weight excluding hydrogens is 166 g/mol. The number of nitrogens with one attached hydrogen (secondary N) is 1. The third-order valence-corrected chi connectivity index (χ3v) is 2.56. The minimum atomic E-state index is -0.136. The van der Waals surface area contributed by atoms with Crippen LogP contribution in [-0.4, -0.2) is 39.4 Å². The first-order valence-electron chi connectivity index (χ1n) is 4.65. The third-order valence-electron chi connectivity index (χ3n) is 2.56. The van der Waals surface area contributed by atoms with Crippen LogP contribution in [0, 0.1) is 6.92 Å². The maximum Gasteiger partial charge on any atom is 0.0679 e. The van der Waals surface area contributed by atoms with Gasteiger partial charge in [0, 0.05) is 19.6 Å². The lowest BCUT2D eigenvalue weighted by atomic mass is 10.3. The Morgan fingerprint density at radius 2 is 2.62 bits per heavy atom. The molecule has 2 N–H and O–H groups in total. The zero-order chi connectivity index (χ0) is 9.26. The van der Waals surface area contributed by atoms with Crippen molar-refractivity contribution in [1.29, 1.82) is 0 Å². The molecule has 1 aromatic heterocycles. The zero-order valence-electron chi connectivity index (χ0n) is 7.82. The van der Waals surface area contributed by atoms with Crippen LogP contribution in [0.15, 0.2) is 6.20 Å². The van der Waals surface area contributed by atoms with Gasteiger partial charge in [0.1, 0.15) is 0 Å². The van der Waals surface area contributed by atoms with E-state index in [2.05, 4.69) is 15.1 Å². The van der Waals surface area contributed by atoms with Crippen molar-refractivity contribution in [2.75, 3.05) is 13.1 Å². The molecular formula is C9H15N3O. The molecule has 2 rings (SSSR count). The summed E-state index contributed by atoms with van der Waals surface area (Å²) in [5.74, 6) is 0. The lowest BCUT2D eigenvalue weighted by Crippen LogP contribution is -2.22. The lowest BCUT2D eigenvalue weighted by Gasteiger charge is -2.13. The van der Waals surface area contributed by atoms with Gasteiger partial charge in [-0.2, -0.15) is 5.10 Å². The molecule has 0 spiro atoms. The molecule has 13 heavy (non-hydrogen) atoms. The monoisotopic (exact) mass is 181 g/mol. The second-order valence-electron chi connectivity index (χ2n) is 3.71. The molecule has 1 aliphatic heterocycles. The van der Waals surface area contributed by atoms with E-state index in [9.17, 15) is 5.11 Å². The van der Waals surface area contributed by atoms with Crippen LogP contribution in [-0.2, 0) is 6.54 Å². The summed E-state index contributed by atoms with van der Waals surface area (Å²) in [7, 11) is 0. The molecule has 1 atom stereocenters. The van der Waals surface area contributed by atoms with Crippen LogP contribution in [0.1, 0.15) is 17.7 Å². The fraction of sp³-hybridized carbons (Fsp3) is 0.667. The van der Waals surface area contributed by atoms with Crippen molar-refractivity contribution in [3.05, 3.63) is 17.5 Å². The number of aryl methyl sites for hydroxylation is 1. The Kier molecular flexibility index (Phi) is 2.33. The Hall–Kier alpha value is -0.870. The predicted octanol–water partition coefficient (Wildman–Crippen LogP) is 0.285. The summed E-state index contributed by atoms with van der Waals surface area (Å²) < 4.78 is 0. The van der Waals surface area contributed by atoms with Gasteiger partial charge in [-0.25, -0.2) is 0 Å². The molecule has 4 nitrogen and oxygen atoms in total. The lowest BCUT2D eigenvalue weighted by molar-refractivity contribution is 0.174. The average Bonchev–Trinajstić information content (AvgIpc) is 2.64. The highest BCUT2D eigenvalue weighted by Crippen LogP contribution is 2.13. The number of hydrogen-bond donors (Lipinski definition) is 2. The van der Waals surface area contributed by atoms with E-state index in [0.717, 1.165) is 31.7 Å². The van der Waals surface area contributed by atoms with Gasteiger partial charge in [-0.05, 0) is 18.9 Å². The van der Waals surface area contributed by atoms with E-state index in [1.807, 2.05) is 13.1 Å². The molecule has 72 valence electrons. The standard InChI is InChI=1S/C9H15N3O/c1-7-4-10-11-9(7)6-12-3-2-8(13)5-12/h4,8,13H,2-3,5-6H2,1H3,(H,10,11)/t8-/m0/s1. The molecule has 0 saturated carbocycles. The van der Waals surface area contributed by atoms with Gasteiger partial charge in [-0.15, -0.1) is 0 Å². The fourth-order valence-corrected chi connectivity index (χ4v) is 1.71. The highest BCUT2D eigenvalue weighted by molar-refractivity contribution is 5.13. The second kappa shape index (κ2) is 3.47. The maximum atomic E-state index is 9.33. The Bertz CT molecular complexity index is 284. The van der Waals surface area contributed by atoms with Gasteiger partial charge in [0.05, 0.1) is 18.0 Å². The van der Waals surface area contributed by atoms with Gasteiger partial charge in [0.25, 0.3) is 0 Å². The zero-order valence-corrected chi connectivity index (χ0v) is 7.82. The van der Waals surface area contributed by atoms with Crippen LogP contribution in [0.2, 0.25) is 0 Å². The predicted molar refractivity (Wildman–Crippen MR) is 49.2 cm³/mol. The van der Waals surface area contributed by atoms with E-state index < -0.39 is 0 Å². The summed E-state index contributed by atoms with van der Waals surface area (Å²) in [5, 5.41) is 16.3. The van der Waals surface area contributed by atoms with E-state index in [1.54, 1.807) is 0 Å². The van der Waals surface area contributed by atoms with E-state index in [1.165, 1.54) is 5.56 Å². The summed E-state index contributed by atoms with van der Waals surface area (Å²) in [6.45, 7) is 4.70. The van der Waals surface area contributed by atoms with Crippen molar-refractivity contribution < 1.29 is 5.11 Å². The highest BCUT2D eigenvalue weighted by Gasteiger charge is 2.20. The molecule has 0 amide bonds. The summed E-state index contributed by atoms with van der Waals surface area (Å²) in [6.07, 6.45) is 2.60. The number of likely N-dealkylation sites (tertiary alicyclic amines) is 1. The fourth-order valence-electron chi connectivity index (χ4n) is 1.71. The number of aliphatic hydroxyl groups excluding tert-OH is 1. The number of rotatable bonds is 2. The van der Waals surface area contributed by atoms with Crippen LogP contribution in [0.4, 0.5) is 0 Å². The molecule has 0 aliphatic carbocycles. The Morgan fingerprint density at radius 3 is 3.15 bits per heavy atom. The molecule has 0 radical (unpaired) electrons. The van der Waals surface area contributed by atoms with Gasteiger partial charge >= 0.3 is 0 Å². The van der Waals surface area contributed by atoms with E-state index in [0.29, 0.717) is 0 Å². The summed E-state index contributed by atoms with van der Waals surface area (Å²) >= 11 is 0.